The summed E-state index contributed by atoms with van der Waals surface area (Å²) in [6.45, 7) is 12.2. The maximum absolute atomic E-state index is 5.85. The van der Waals surface area contributed by atoms with E-state index in [-0.39, 0.29) is 0 Å². The second kappa shape index (κ2) is 7.94. The average molecular weight is 296 g/mol. The molecule has 0 aromatic heterocycles. The summed E-state index contributed by atoms with van der Waals surface area (Å²) in [5.41, 5.74) is 0.763. The molecule has 0 aromatic carbocycles. The Bertz CT molecular complexity index is 296. The lowest BCUT2D eigenvalue weighted by molar-refractivity contribution is -0.0159. The van der Waals surface area contributed by atoms with Crippen molar-refractivity contribution in [2.75, 3.05) is 32.8 Å². The maximum Gasteiger partial charge on any atom is 0.0593 e. The monoisotopic (exact) mass is 296 g/mol. The summed E-state index contributed by atoms with van der Waals surface area (Å²) in [6, 6.07) is 0. The van der Waals surface area contributed by atoms with Gasteiger partial charge in [0.2, 0.25) is 0 Å². The molecule has 2 fully saturated rings. The highest BCUT2D eigenvalue weighted by Crippen LogP contribution is 2.39. The molecule has 1 heterocycles. The van der Waals surface area contributed by atoms with Gasteiger partial charge in [-0.25, -0.2) is 0 Å². The van der Waals surface area contributed by atoms with Crippen LogP contribution in [0.5, 0.6) is 0 Å². The smallest absolute Gasteiger partial charge is 0.0593 e. The molecule has 3 nitrogen and oxygen atoms in total. The average Bonchev–Trinajstić information content (AvgIpc) is 2.99. The van der Waals surface area contributed by atoms with Crippen molar-refractivity contribution in [3.8, 4) is 0 Å². The largest absolute Gasteiger partial charge is 0.380 e. The molecule has 1 N–H and O–H groups in total. The van der Waals surface area contributed by atoms with E-state index in [9.17, 15) is 0 Å². The minimum atomic E-state index is 0.331. The number of hydrogen-bond donors (Lipinski definition) is 1. The van der Waals surface area contributed by atoms with Gasteiger partial charge in [-0.05, 0) is 32.1 Å². The second-order valence-electron chi connectivity index (χ2n) is 7.16. The van der Waals surface area contributed by atoms with E-state index in [2.05, 4.69) is 31.0 Å². The van der Waals surface area contributed by atoms with Gasteiger partial charge in [0.15, 0.2) is 0 Å². The normalized spacial score (nSPS) is 24.7. The molecular formula is C18H36N2O. The Labute approximate surface area is 131 Å². The van der Waals surface area contributed by atoms with E-state index in [0.29, 0.717) is 11.1 Å². The lowest BCUT2D eigenvalue weighted by Gasteiger charge is -2.53. The molecule has 0 unspecified atom stereocenters. The first-order valence-electron chi connectivity index (χ1n) is 9.28. The van der Waals surface area contributed by atoms with Gasteiger partial charge in [0, 0.05) is 37.3 Å². The first kappa shape index (κ1) is 17.2. The number of nitrogens with one attached hydrogen (secondary N) is 1. The van der Waals surface area contributed by atoms with Crippen molar-refractivity contribution >= 4 is 0 Å². The zero-order chi connectivity index (χ0) is 15.2. The molecule has 3 heteroatoms. The molecule has 2 aliphatic rings. The summed E-state index contributed by atoms with van der Waals surface area (Å²) in [5.74, 6) is 0. The third-order valence-corrected chi connectivity index (χ3v) is 5.99. The van der Waals surface area contributed by atoms with Gasteiger partial charge in [0.25, 0.3) is 0 Å². The number of ether oxygens (including phenoxy) is 1. The standard InChI is InChI=1S/C18H36N2O/c1-4-7-13-21-14-12-20-16-17(5-2,6-3)19-15-18(20)10-8-9-11-18/h19H,4-16H2,1-3H3. The first-order chi connectivity index (χ1) is 10.2. The van der Waals surface area contributed by atoms with E-state index in [1.807, 2.05) is 0 Å². The summed E-state index contributed by atoms with van der Waals surface area (Å²) in [4.78, 5) is 2.79. The molecule has 0 atom stereocenters. The van der Waals surface area contributed by atoms with Crippen molar-refractivity contribution in [3.05, 3.63) is 0 Å². The molecular weight excluding hydrogens is 260 g/mol. The van der Waals surface area contributed by atoms with Crippen LogP contribution in [-0.4, -0.2) is 48.8 Å². The Kier molecular flexibility index (Phi) is 6.51. The highest BCUT2D eigenvalue weighted by molar-refractivity contribution is 5.06. The molecule has 0 amide bonds. The van der Waals surface area contributed by atoms with Gasteiger partial charge in [-0.15, -0.1) is 0 Å². The fraction of sp³-hybridized carbons (Fsp3) is 1.00. The van der Waals surface area contributed by atoms with Crippen LogP contribution in [0.15, 0.2) is 0 Å². The molecule has 2 rings (SSSR count). The van der Waals surface area contributed by atoms with Gasteiger partial charge in [0.05, 0.1) is 6.61 Å². The lowest BCUT2D eigenvalue weighted by atomic mass is 9.82. The molecule has 0 bridgehead atoms. The number of rotatable bonds is 8. The minimum Gasteiger partial charge on any atom is -0.380 e. The Morgan fingerprint density at radius 2 is 1.76 bits per heavy atom. The third kappa shape index (κ3) is 4.00. The fourth-order valence-corrected chi connectivity index (χ4v) is 4.14. The maximum atomic E-state index is 5.85. The highest BCUT2D eigenvalue weighted by atomic mass is 16.5. The molecule has 1 aliphatic carbocycles. The van der Waals surface area contributed by atoms with E-state index in [0.717, 1.165) is 19.8 Å². The van der Waals surface area contributed by atoms with Crippen LogP contribution in [0.3, 0.4) is 0 Å². The summed E-state index contributed by atoms with van der Waals surface area (Å²) < 4.78 is 5.85. The Hall–Kier alpha value is -0.120. The number of nitrogens with zero attached hydrogens (tertiary/aromatic N) is 1. The topological polar surface area (TPSA) is 24.5 Å². The molecule has 1 aliphatic heterocycles. The minimum absolute atomic E-state index is 0.331. The molecule has 0 aromatic rings. The van der Waals surface area contributed by atoms with Crippen LogP contribution in [0.1, 0.15) is 72.1 Å². The zero-order valence-corrected chi connectivity index (χ0v) is 14.5. The Morgan fingerprint density at radius 1 is 1.05 bits per heavy atom. The second-order valence-corrected chi connectivity index (χ2v) is 7.16. The van der Waals surface area contributed by atoms with Gasteiger partial charge in [-0.2, -0.15) is 0 Å². The Balaban J connectivity index is 1.93. The van der Waals surface area contributed by atoms with Crippen molar-refractivity contribution < 1.29 is 4.74 Å². The van der Waals surface area contributed by atoms with Crippen LogP contribution < -0.4 is 5.32 Å². The van der Waals surface area contributed by atoms with Crippen LogP contribution in [0.2, 0.25) is 0 Å². The lowest BCUT2D eigenvalue weighted by Crippen LogP contribution is -2.69. The molecule has 1 saturated carbocycles. The quantitative estimate of drug-likeness (QED) is 0.693. The highest BCUT2D eigenvalue weighted by Gasteiger charge is 2.47. The van der Waals surface area contributed by atoms with Crippen LogP contribution >= 0.6 is 0 Å². The fourth-order valence-electron chi connectivity index (χ4n) is 4.14. The van der Waals surface area contributed by atoms with Crippen molar-refractivity contribution in [2.45, 2.75) is 83.2 Å². The molecule has 1 spiro atoms. The van der Waals surface area contributed by atoms with E-state index in [1.165, 1.54) is 64.5 Å². The predicted octanol–water partition coefficient (Wildman–Crippen LogP) is 3.58. The predicted molar refractivity (Wildman–Crippen MR) is 89.8 cm³/mol. The summed E-state index contributed by atoms with van der Waals surface area (Å²) in [7, 11) is 0. The zero-order valence-electron chi connectivity index (χ0n) is 14.5. The van der Waals surface area contributed by atoms with E-state index in [1.54, 1.807) is 0 Å². The van der Waals surface area contributed by atoms with Gasteiger partial charge in [0.1, 0.15) is 0 Å². The van der Waals surface area contributed by atoms with Crippen molar-refractivity contribution in [1.82, 2.24) is 10.2 Å². The van der Waals surface area contributed by atoms with Crippen molar-refractivity contribution in [2.24, 2.45) is 0 Å². The summed E-state index contributed by atoms with van der Waals surface area (Å²) >= 11 is 0. The van der Waals surface area contributed by atoms with E-state index < -0.39 is 0 Å². The van der Waals surface area contributed by atoms with E-state index >= 15 is 0 Å². The van der Waals surface area contributed by atoms with Crippen LogP contribution in [0.25, 0.3) is 0 Å². The SMILES string of the molecule is CCCCOCCN1CC(CC)(CC)NCC12CCCC2. The molecule has 124 valence electrons. The van der Waals surface area contributed by atoms with Crippen LogP contribution in [0, 0.1) is 0 Å². The van der Waals surface area contributed by atoms with Crippen molar-refractivity contribution in [1.29, 1.82) is 0 Å². The molecule has 21 heavy (non-hydrogen) atoms. The van der Waals surface area contributed by atoms with Gasteiger partial charge >= 0.3 is 0 Å². The molecule has 1 saturated heterocycles. The van der Waals surface area contributed by atoms with Crippen LogP contribution in [0.4, 0.5) is 0 Å². The third-order valence-electron chi connectivity index (χ3n) is 5.99. The number of unbranched alkanes of at least 4 members (excludes halogenated alkanes) is 1. The number of hydrogen-bond acceptors (Lipinski definition) is 3. The van der Waals surface area contributed by atoms with Crippen LogP contribution in [-0.2, 0) is 4.74 Å². The van der Waals surface area contributed by atoms with Gasteiger partial charge in [-0.3, -0.25) is 4.90 Å². The molecule has 0 radical (unpaired) electrons. The van der Waals surface area contributed by atoms with Gasteiger partial charge < -0.3 is 10.1 Å². The summed E-state index contributed by atoms with van der Waals surface area (Å²) in [6.07, 6.45) is 10.4. The number of piperazine rings is 1. The van der Waals surface area contributed by atoms with Gasteiger partial charge in [-0.1, -0.05) is 40.0 Å². The first-order valence-corrected chi connectivity index (χ1v) is 9.28. The van der Waals surface area contributed by atoms with E-state index in [4.69, 9.17) is 4.74 Å². The summed E-state index contributed by atoms with van der Waals surface area (Å²) in [5, 5.41) is 3.92. The Morgan fingerprint density at radius 3 is 2.38 bits per heavy atom. The van der Waals surface area contributed by atoms with Crippen molar-refractivity contribution in [3.63, 3.8) is 0 Å².